The van der Waals surface area contributed by atoms with Gasteiger partial charge in [-0.1, -0.05) is 36.4 Å². The number of para-hydroxylation sites is 2. The van der Waals surface area contributed by atoms with Crippen LogP contribution in [0.4, 0.5) is 16.2 Å². The monoisotopic (exact) mass is 356 g/mol. The second kappa shape index (κ2) is 7.37. The lowest BCUT2D eigenvalue weighted by Gasteiger charge is -2.21. The molecule has 1 saturated heterocycles. The lowest BCUT2D eigenvalue weighted by Crippen LogP contribution is -2.42. The van der Waals surface area contributed by atoms with Crippen LogP contribution in [0.2, 0.25) is 0 Å². The molecule has 0 bridgehead atoms. The molecular formula is C17H16N4OS2. The number of benzene rings is 2. The quantitative estimate of drug-likeness (QED) is 0.807. The summed E-state index contributed by atoms with van der Waals surface area (Å²) in [6, 6.07) is 18.8. The zero-order valence-electron chi connectivity index (χ0n) is 12.8. The van der Waals surface area contributed by atoms with E-state index in [9.17, 15) is 4.79 Å². The number of nitrogens with one attached hydrogen (secondary N) is 2. The SMILES string of the molecule is O=C1N(C(=S)Nc2ccccc2)CCN1C(=S)Nc1ccccc1. The van der Waals surface area contributed by atoms with E-state index in [-0.39, 0.29) is 6.03 Å². The van der Waals surface area contributed by atoms with Crippen molar-refractivity contribution in [3.8, 4) is 0 Å². The van der Waals surface area contributed by atoms with Gasteiger partial charge in [-0.05, 0) is 48.7 Å². The minimum Gasteiger partial charge on any atom is -0.332 e. The van der Waals surface area contributed by atoms with Crippen molar-refractivity contribution in [1.29, 1.82) is 0 Å². The van der Waals surface area contributed by atoms with Crippen LogP contribution in [0.25, 0.3) is 0 Å². The molecule has 2 N–H and O–H groups in total. The number of amides is 2. The average molecular weight is 356 g/mol. The molecule has 0 atom stereocenters. The van der Waals surface area contributed by atoms with Crippen LogP contribution in [0.3, 0.4) is 0 Å². The third-order valence-corrected chi connectivity index (χ3v) is 4.19. The molecule has 1 heterocycles. The predicted molar refractivity (Wildman–Crippen MR) is 104 cm³/mol. The lowest BCUT2D eigenvalue weighted by atomic mass is 10.3. The van der Waals surface area contributed by atoms with Gasteiger partial charge in [0.05, 0.1) is 0 Å². The summed E-state index contributed by atoms with van der Waals surface area (Å²) in [5, 5.41) is 6.88. The first-order valence-corrected chi connectivity index (χ1v) is 8.28. The Morgan fingerprint density at radius 3 is 1.50 bits per heavy atom. The number of urea groups is 1. The normalized spacial score (nSPS) is 13.8. The molecule has 5 nitrogen and oxygen atoms in total. The fourth-order valence-corrected chi connectivity index (χ4v) is 2.91. The van der Waals surface area contributed by atoms with Gasteiger partial charge in [-0.3, -0.25) is 9.80 Å². The fraction of sp³-hybridized carbons (Fsp3) is 0.118. The number of anilines is 2. The summed E-state index contributed by atoms with van der Waals surface area (Å²) >= 11 is 10.7. The Labute approximate surface area is 151 Å². The number of nitrogens with zero attached hydrogens (tertiary/aromatic N) is 2. The van der Waals surface area contributed by atoms with Gasteiger partial charge in [-0.15, -0.1) is 0 Å². The summed E-state index contributed by atoms with van der Waals surface area (Å²) in [5.74, 6) is 0. The van der Waals surface area contributed by atoms with E-state index in [1.54, 1.807) is 0 Å². The van der Waals surface area contributed by atoms with Crippen LogP contribution in [0, 0.1) is 0 Å². The predicted octanol–water partition coefficient (Wildman–Crippen LogP) is 3.52. The Morgan fingerprint density at radius 2 is 1.12 bits per heavy atom. The van der Waals surface area contributed by atoms with E-state index in [1.165, 1.54) is 9.80 Å². The minimum absolute atomic E-state index is 0.225. The highest BCUT2D eigenvalue weighted by Crippen LogP contribution is 2.15. The van der Waals surface area contributed by atoms with E-state index in [1.807, 2.05) is 60.7 Å². The van der Waals surface area contributed by atoms with E-state index in [2.05, 4.69) is 10.6 Å². The Hall–Kier alpha value is -2.51. The molecule has 0 spiro atoms. The van der Waals surface area contributed by atoms with E-state index < -0.39 is 0 Å². The van der Waals surface area contributed by atoms with E-state index >= 15 is 0 Å². The van der Waals surface area contributed by atoms with Crippen LogP contribution in [0.5, 0.6) is 0 Å². The van der Waals surface area contributed by atoms with Crippen LogP contribution in [-0.2, 0) is 0 Å². The molecule has 0 unspecified atom stereocenters. The van der Waals surface area contributed by atoms with Gasteiger partial charge >= 0.3 is 6.03 Å². The van der Waals surface area contributed by atoms with Crippen LogP contribution < -0.4 is 10.6 Å². The standard InChI is InChI=1S/C17H16N4OS2/c22-17-20(15(23)18-13-7-3-1-4-8-13)11-12-21(17)16(24)19-14-9-5-2-6-10-14/h1-10H,11-12H2,(H,18,23)(H,19,24). The molecule has 1 fully saturated rings. The zero-order valence-corrected chi connectivity index (χ0v) is 14.4. The number of carbonyl (C=O) groups excluding carboxylic acids is 1. The number of rotatable bonds is 2. The molecule has 122 valence electrons. The van der Waals surface area contributed by atoms with Gasteiger partial charge in [0.25, 0.3) is 0 Å². The number of hydrogen-bond acceptors (Lipinski definition) is 3. The highest BCUT2D eigenvalue weighted by atomic mass is 32.1. The van der Waals surface area contributed by atoms with Crippen molar-refractivity contribution in [2.24, 2.45) is 0 Å². The van der Waals surface area contributed by atoms with Crippen molar-refractivity contribution in [2.45, 2.75) is 0 Å². The third-order valence-electron chi connectivity index (χ3n) is 3.55. The van der Waals surface area contributed by atoms with Crippen molar-refractivity contribution in [2.75, 3.05) is 23.7 Å². The molecular weight excluding hydrogens is 340 g/mol. The van der Waals surface area contributed by atoms with Gasteiger partial charge in [0.2, 0.25) is 0 Å². The zero-order chi connectivity index (χ0) is 16.9. The van der Waals surface area contributed by atoms with Crippen molar-refractivity contribution in [3.05, 3.63) is 60.7 Å². The average Bonchev–Trinajstić information content (AvgIpc) is 2.98. The molecule has 24 heavy (non-hydrogen) atoms. The van der Waals surface area contributed by atoms with Crippen LogP contribution >= 0.6 is 24.4 Å². The van der Waals surface area contributed by atoms with Crippen LogP contribution in [0.1, 0.15) is 0 Å². The van der Waals surface area contributed by atoms with Gasteiger partial charge in [-0.25, -0.2) is 4.79 Å². The Balaban J connectivity index is 1.62. The van der Waals surface area contributed by atoms with Gasteiger partial charge in [0.15, 0.2) is 10.2 Å². The molecule has 0 aromatic heterocycles. The van der Waals surface area contributed by atoms with Gasteiger partial charge in [-0.2, -0.15) is 0 Å². The van der Waals surface area contributed by atoms with Crippen molar-refractivity contribution in [3.63, 3.8) is 0 Å². The first-order valence-electron chi connectivity index (χ1n) is 7.46. The summed E-state index contributed by atoms with van der Waals surface area (Å²) in [6.07, 6.45) is 0. The largest absolute Gasteiger partial charge is 0.332 e. The van der Waals surface area contributed by atoms with Crippen molar-refractivity contribution >= 4 is 52.1 Å². The summed E-state index contributed by atoms with van der Waals surface area (Å²) in [7, 11) is 0. The highest BCUT2D eigenvalue weighted by Gasteiger charge is 2.33. The molecule has 7 heteroatoms. The number of thiocarbonyl (C=S) groups is 2. The molecule has 1 aliphatic heterocycles. The number of carbonyl (C=O) groups is 1. The molecule has 2 aromatic carbocycles. The van der Waals surface area contributed by atoms with Crippen molar-refractivity contribution in [1.82, 2.24) is 9.80 Å². The number of hydrogen-bond donors (Lipinski definition) is 2. The second-order valence-electron chi connectivity index (χ2n) is 5.18. The molecule has 0 aliphatic carbocycles. The fourth-order valence-electron chi connectivity index (χ4n) is 2.34. The van der Waals surface area contributed by atoms with E-state index in [0.717, 1.165) is 11.4 Å². The molecule has 0 radical (unpaired) electrons. The van der Waals surface area contributed by atoms with Crippen LogP contribution in [0.15, 0.2) is 60.7 Å². The maximum atomic E-state index is 12.6. The first kappa shape index (κ1) is 16.4. The second-order valence-corrected chi connectivity index (χ2v) is 5.95. The first-order chi connectivity index (χ1) is 11.6. The lowest BCUT2D eigenvalue weighted by molar-refractivity contribution is 0.221. The van der Waals surface area contributed by atoms with Crippen LogP contribution in [-0.4, -0.2) is 39.1 Å². The summed E-state index contributed by atoms with van der Waals surface area (Å²) < 4.78 is 0. The van der Waals surface area contributed by atoms with Gasteiger partial charge in [0.1, 0.15) is 0 Å². The van der Waals surface area contributed by atoms with E-state index in [4.69, 9.17) is 24.4 Å². The molecule has 3 rings (SSSR count). The summed E-state index contributed by atoms with van der Waals surface area (Å²) in [6.45, 7) is 0.988. The topological polar surface area (TPSA) is 47.6 Å². The van der Waals surface area contributed by atoms with Gasteiger partial charge in [0, 0.05) is 24.5 Å². The summed E-state index contributed by atoms with van der Waals surface area (Å²) in [5.41, 5.74) is 1.69. The Kier molecular flexibility index (Phi) is 5.02. The molecule has 2 aromatic rings. The van der Waals surface area contributed by atoms with Crippen molar-refractivity contribution < 1.29 is 4.79 Å². The maximum Gasteiger partial charge on any atom is 0.332 e. The van der Waals surface area contributed by atoms with Gasteiger partial charge < -0.3 is 10.6 Å². The summed E-state index contributed by atoms with van der Waals surface area (Å²) in [4.78, 5) is 15.6. The Bertz CT molecular complexity index is 688. The minimum atomic E-state index is -0.225. The molecule has 1 aliphatic rings. The highest BCUT2D eigenvalue weighted by molar-refractivity contribution is 7.80. The molecule has 2 amide bonds. The maximum absolute atomic E-state index is 12.6. The smallest absolute Gasteiger partial charge is 0.332 e. The van der Waals surface area contributed by atoms with E-state index in [0.29, 0.717) is 23.3 Å². The molecule has 0 saturated carbocycles. The Morgan fingerprint density at radius 1 is 0.750 bits per heavy atom. The third kappa shape index (κ3) is 3.69.